The molecule has 0 spiro atoms. The Morgan fingerprint density at radius 1 is 1.26 bits per heavy atom. The Balaban J connectivity index is 1.99. The molecule has 2 N–H and O–H groups in total. The highest BCUT2D eigenvalue weighted by molar-refractivity contribution is 5.82. The molecule has 2 rings (SSSR count). The van der Waals surface area contributed by atoms with Crippen LogP contribution in [0.2, 0.25) is 0 Å². The quantitative estimate of drug-likeness (QED) is 0.708. The predicted octanol–water partition coefficient (Wildman–Crippen LogP) is 3.27. The molecule has 6 nitrogen and oxygen atoms in total. The summed E-state index contributed by atoms with van der Waals surface area (Å²) < 4.78 is 24.7. The molecule has 1 aromatic rings. The van der Waals surface area contributed by atoms with Crippen molar-refractivity contribution in [3.8, 4) is 0 Å². The van der Waals surface area contributed by atoms with Crippen LogP contribution in [0.25, 0.3) is 0 Å². The first-order valence-electron chi connectivity index (χ1n) is 9.15. The van der Waals surface area contributed by atoms with E-state index in [0.29, 0.717) is 12.8 Å². The number of amides is 1. The SMILES string of the molecule is CC(C)(C)OC(=O)C(NC(=O)OCc1ccccc1)C(O)CC1(F)CCC1. The fourth-order valence-corrected chi connectivity index (χ4v) is 2.83. The highest BCUT2D eigenvalue weighted by Crippen LogP contribution is 2.40. The van der Waals surface area contributed by atoms with E-state index in [1.807, 2.05) is 18.2 Å². The molecule has 2 atom stereocenters. The van der Waals surface area contributed by atoms with Crippen LogP contribution in [0.15, 0.2) is 30.3 Å². The lowest BCUT2D eigenvalue weighted by Crippen LogP contribution is -2.53. The lowest BCUT2D eigenvalue weighted by atomic mass is 9.77. The number of alkyl halides is 1. The van der Waals surface area contributed by atoms with E-state index in [-0.39, 0.29) is 13.0 Å². The average molecular weight is 381 g/mol. The number of benzene rings is 1. The number of alkyl carbamates (subject to hydrolysis) is 1. The zero-order valence-electron chi connectivity index (χ0n) is 16.0. The summed E-state index contributed by atoms with van der Waals surface area (Å²) in [6.07, 6.45) is -1.11. The molecule has 1 saturated carbocycles. The summed E-state index contributed by atoms with van der Waals surface area (Å²) in [5.41, 5.74) is -1.54. The van der Waals surface area contributed by atoms with Gasteiger partial charge in [0, 0.05) is 6.42 Å². The van der Waals surface area contributed by atoms with Gasteiger partial charge < -0.3 is 19.9 Å². The van der Waals surface area contributed by atoms with E-state index in [4.69, 9.17) is 9.47 Å². The number of carbonyl (C=O) groups excluding carboxylic acids is 2. The van der Waals surface area contributed by atoms with Crippen molar-refractivity contribution >= 4 is 12.1 Å². The number of aliphatic hydroxyl groups is 1. The number of nitrogens with one attached hydrogen (secondary N) is 1. The van der Waals surface area contributed by atoms with Crippen LogP contribution in [0.4, 0.5) is 9.18 Å². The fourth-order valence-electron chi connectivity index (χ4n) is 2.83. The Bertz CT molecular complexity index is 640. The van der Waals surface area contributed by atoms with Gasteiger partial charge >= 0.3 is 12.1 Å². The van der Waals surface area contributed by atoms with Crippen LogP contribution in [0.1, 0.15) is 52.0 Å². The number of hydrogen-bond donors (Lipinski definition) is 2. The molecular formula is C20H28FNO5. The second-order valence-corrected chi connectivity index (χ2v) is 7.99. The van der Waals surface area contributed by atoms with Gasteiger partial charge in [-0.1, -0.05) is 30.3 Å². The van der Waals surface area contributed by atoms with E-state index in [2.05, 4.69) is 5.32 Å². The molecule has 0 aromatic heterocycles. The number of rotatable bonds is 7. The van der Waals surface area contributed by atoms with Crippen LogP contribution >= 0.6 is 0 Å². The molecule has 27 heavy (non-hydrogen) atoms. The van der Waals surface area contributed by atoms with Crippen molar-refractivity contribution in [2.24, 2.45) is 0 Å². The summed E-state index contributed by atoms with van der Waals surface area (Å²) >= 11 is 0. The number of carbonyl (C=O) groups is 2. The molecule has 1 amide bonds. The number of halogens is 1. The standard InChI is InChI=1S/C20H28FNO5/c1-19(2,3)27-17(24)16(15(23)12-20(21)10-7-11-20)22-18(25)26-13-14-8-5-4-6-9-14/h4-6,8-9,15-16,23H,7,10-13H2,1-3H3,(H,22,25). The minimum Gasteiger partial charge on any atom is -0.458 e. The summed E-state index contributed by atoms with van der Waals surface area (Å²) in [5, 5.41) is 12.7. The van der Waals surface area contributed by atoms with Crippen LogP contribution in [0, 0.1) is 0 Å². The van der Waals surface area contributed by atoms with E-state index < -0.39 is 35.5 Å². The summed E-state index contributed by atoms with van der Waals surface area (Å²) in [4.78, 5) is 24.5. The number of hydrogen-bond acceptors (Lipinski definition) is 5. The van der Waals surface area contributed by atoms with Crippen molar-refractivity contribution in [1.29, 1.82) is 0 Å². The summed E-state index contributed by atoms with van der Waals surface area (Å²) in [6, 6.07) is 7.63. The average Bonchev–Trinajstić information content (AvgIpc) is 2.55. The Kier molecular flexibility index (Phi) is 6.81. The highest BCUT2D eigenvalue weighted by Gasteiger charge is 2.43. The van der Waals surface area contributed by atoms with Gasteiger partial charge in [-0.2, -0.15) is 0 Å². The second-order valence-electron chi connectivity index (χ2n) is 7.99. The number of esters is 1. The number of aliphatic hydroxyl groups excluding tert-OH is 1. The largest absolute Gasteiger partial charge is 0.458 e. The number of ether oxygens (including phenoxy) is 2. The van der Waals surface area contributed by atoms with Crippen molar-refractivity contribution in [3.63, 3.8) is 0 Å². The van der Waals surface area contributed by atoms with Gasteiger partial charge in [0.25, 0.3) is 0 Å². The zero-order valence-corrected chi connectivity index (χ0v) is 16.0. The predicted molar refractivity (Wildman–Crippen MR) is 97.7 cm³/mol. The van der Waals surface area contributed by atoms with E-state index in [9.17, 15) is 19.1 Å². The Morgan fingerprint density at radius 2 is 1.89 bits per heavy atom. The van der Waals surface area contributed by atoms with Gasteiger partial charge in [0.15, 0.2) is 6.04 Å². The lowest BCUT2D eigenvalue weighted by Gasteiger charge is -2.37. The van der Waals surface area contributed by atoms with Gasteiger partial charge in [-0.3, -0.25) is 0 Å². The third-order valence-corrected chi connectivity index (χ3v) is 4.36. The fraction of sp³-hybridized carbons (Fsp3) is 0.600. The smallest absolute Gasteiger partial charge is 0.408 e. The van der Waals surface area contributed by atoms with Crippen LogP contribution < -0.4 is 5.32 Å². The first kappa shape index (κ1) is 21.2. The first-order valence-corrected chi connectivity index (χ1v) is 9.15. The molecule has 1 aromatic carbocycles. The molecule has 1 aliphatic rings. The van der Waals surface area contributed by atoms with Crippen molar-refractivity contribution in [3.05, 3.63) is 35.9 Å². The van der Waals surface area contributed by atoms with Gasteiger partial charge in [-0.25, -0.2) is 14.0 Å². The highest BCUT2D eigenvalue weighted by atomic mass is 19.1. The third kappa shape index (κ3) is 6.82. The van der Waals surface area contributed by atoms with Crippen molar-refractivity contribution in [2.75, 3.05) is 0 Å². The maximum absolute atomic E-state index is 14.4. The molecule has 0 bridgehead atoms. The molecule has 1 fully saturated rings. The molecule has 0 aliphatic heterocycles. The van der Waals surface area contributed by atoms with Crippen LogP contribution in [0.5, 0.6) is 0 Å². The van der Waals surface area contributed by atoms with Crippen molar-refractivity contribution in [2.45, 2.75) is 76.5 Å². The van der Waals surface area contributed by atoms with Gasteiger partial charge in [0.05, 0.1) is 6.10 Å². The monoisotopic (exact) mass is 381 g/mol. The van der Waals surface area contributed by atoms with Crippen LogP contribution in [-0.2, 0) is 20.9 Å². The normalized spacial score (nSPS) is 18.0. The van der Waals surface area contributed by atoms with Gasteiger partial charge in [0.2, 0.25) is 0 Å². The zero-order chi connectivity index (χ0) is 20.1. The summed E-state index contributed by atoms with van der Waals surface area (Å²) in [6.45, 7) is 5.02. The summed E-state index contributed by atoms with van der Waals surface area (Å²) in [7, 11) is 0. The van der Waals surface area contributed by atoms with E-state index in [0.717, 1.165) is 12.0 Å². The maximum atomic E-state index is 14.4. The molecule has 1 aliphatic carbocycles. The molecule has 0 heterocycles. The summed E-state index contributed by atoms with van der Waals surface area (Å²) in [5.74, 6) is -0.824. The Morgan fingerprint density at radius 3 is 2.41 bits per heavy atom. The molecule has 2 unspecified atom stereocenters. The lowest BCUT2D eigenvalue weighted by molar-refractivity contribution is -0.161. The minimum absolute atomic E-state index is 0.0108. The van der Waals surface area contributed by atoms with Crippen molar-refractivity contribution < 1.29 is 28.6 Å². The van der Waals surface area contributed by atoms with E-state index >= 15 is 0 Å². The minimum atomic E-state index is -1.50. The van der Waals surface area contributed by atoms with E-state index in [1.54, 1.807) is 32.9 Å². The van der Waals surface area contributed by atoms with Crippen molar-refractivity contribution in [1.82, 2.24) is 5.32 Å². The molecule has 0 radical (unpaired) electrons. The van der Waals surface area contributed by atoms with Gasteiger partial charge in [-0.15, -0.1) is 0 Å². The topological polar surface area (TPSA) is 84.9 Å². The second kappa shape index (κ2) is 8.69. The Hall–Kier alpha value is -2.15. The van der Waals surface area contributed by atoms with Crippen LogP contribution in [-0.4, -0.2) is 40.6 Å². The first-order chi connectivity index (χ1) is 12.6. The molecule has 7 heteroatoms. The van der Waals surface area contributed by atoms with Gasteiger partial charge in [0.1, 0.15) is 17.9 Å². The molecular weight excluding hydrogens is 353 g/mol. The maximum Gasteiger partial charge on any atom is 0.408 e. The molecule has 150 valence electrons. The van der Waals surface area contributed by atoms with Crippen LogP contribution in [0.3, 0.4) is 0 Å². The molecule has 0 saturated heterocycles. The van der Waals surface area contributed by atoms with E-state index in [1.165, 1.54) is 0 Å². The van der Waals surface area contributed by atoms with Gasteiger partial charge in [-0.05, 0) is 45.6 Å². The third-order valence-electron chi connectivity index (χ3n) is 4.36. The Labute approximate surface area is 159 Å².